The molecule has 2 heteroatoms. The van der Waals surface area contributed by atoms with Crippen LogP contribution in [0.15, 0.2) is 24.1 Å². The van der Waals surface area contributed by atoms with E-state index in [9.17, 15) is 4.39 Å². The van der Waals surface area contributed by atoms with Gasteiger partial charge in [0.15, 0.2) is 0 Å². The molecule has 0 bridgehead atoms. The zero-order valence-electron chi connectivity index (χ0n) is 7.36. The normalized spacial score (nSPS) is 14.7. The number of hydrogen-bond acceptors (Lipinski definition) is 1. The summed E-state index contributed by atoms with van der Waals surface area (Å²) in [7, 11) is 1.64. The van der Waals surface area contributed by atoms with Gasteiger partial charge in [-0.2, -0.15) is 0 Å². The molecule has 0 fully saturated rings. The predicted octanol–water partition coefficient (Wildman–Crippen LogP) is 2.84. The topological polar surface area (TPSA) is 9.23 Å². The van der Waals surface area contributed by atoms with Crippen LogP contribution in [0.2, 0.25) is 0 Å². The lowest BCUT2D eigenvalue weighted by atomic mass is 10.1. The molecule has 0 aliphatic rings. The molecule has 0 spiro atoms. The van der Waals surface area contributed by atoms with Crippen LogP contribution in [-0.2, 0) is 4.74 Å². The minimum Gasteiger partial charge on any atom is -0.381 e. The molecule has 0 heterocycles. The van der Waals surface area contributed by atoms with E-state index in [0.717, 1.165) is 12.0 Å². The van der Waals surface area contributed by atoms with Crippen LogP contribution in [0, 0.1) is 0 Å². The van der Waals surface area contributed by atoms with Gasteiger partial charge in [0.05, 0.1) is 6.10 Å². The fraction of sp³-hybridized carbons (Fsp3) is 0.556. The van der Waals surface area contributed by atoms with E-state index in [2.05, 4.69) is 6.58 Å². The minimum absolute atomic E-state index is 0.144. The van der Waals surface area contributed by atoms with Crippen molar-refractivity contribution in [2.24, 2.45) is 0 Å². The van der Waals surface area contributed by atoms with Crippen molar-refractivity contribution in [3.05, 3.63) is 24.1 Å². The molecule has 1 unspecified atom stereocenters. The highest BCUT2D eigenvalue weighted by Crippen LogP contribution is 2.09. The molecule has 0 aromatic heterocycles. The van der Waals surface area contributed by atoms with Crippen molar-refractivity contribution in [1.29, 1.82) is 0 Å². The maximum atomic E-state index is 12.2. The van der Waals surface area contributed by atoms with Crippen molar-refractivity contribution in [1.82, 2.24) is 0 Å². The van der Waals surface area contributed by atoms with E-state index in [1.54, 1.807) is 7.11 Å². The molecule has 11 heavy (non-hydrogen) atoms. The van der Waals surface area contributed by atoms with Gasteiger partial charge in [-0.25, -0.2) is 4.39 Å². The van der Waals surface area contributed by atoms with Crippen LogP contribution < -0.4 is 0 Å². The Bertz CT molecular complexity index is 161. The van der Waals surface area contributed by atoms with Crippen LogP contribution in [0.5, 0.6) is 0 Å². The summed E-state index contributed by atoms with van der Waals surface area (Å²) in [6.07, 6.45) is 2.32. The third-order valence-electron chi connectivity index (χ3n) is 1.41. The number of allylic oxidation sites excluding steroid dienone is 2. The summed E-state index contributed by atoms with van der Waals surface area (Å²) in [5.74, 6) is -0.397. The van der Waals surface area contributed by atoms with Crippen LogP contribution in [-0.4, -0.2) is 13.2 Å². The molecule has 1 nitrogen and oxygen atoms in total. The first kappa shape index (κ1) is 10.4. The van der Waals surface area contributed by atoms with Gasteiger partial charge in [-0.1, -0.05) is 12.2 Å². The third-order valence-corrected chi connectivity index (χ3v) is 1.41. The van der Waals surface area contributed by atoms with E-state index >= 15 is 0 Å². The van der Waals surface area contributed by atoms with Gasteiger partial charge < -0.3 is 4.74 Å². The van der Waals surface area contributed by atoms with E-state index in [-0.39, 0.29) is 6.10 Å². The van der Waals surface area contributed by atoms with Crippen LogP contribution >= 0.6 is 0 Å². The summed E-state index contributed by atoms with van der Waals surface area (Å²) in [4.78, 5) is 0. The highest BCUT2D eigenvalue weighted by atomic mass is 19.1. The summed E-state index contributed by atoms with van der Waals surface area (Å²) < 4.78 is 17.2. The lowest BCUT2D eigenvalue weighted by Gasteiger charge is -2.08. The highest BCUT2D eigenvalue weighted by molar-refractivity contribution is 5.13. The number of ether oxygens (including phenoxy) is 1. The lowest BCUT2D eigenvalue weighted by Crippen LogP contribution is -2.04. The molecule has 0 saturated heterocycles. The zero-order valence-corrected chi connectivity index (χ0v) is 7.36. The molecule has 0 aromatic carbocycles. The second kappa shape index (κ2) is 5.08. The van der Waals surface area contributed by atoms with Crippen molar-refractivity contribution in [3.63, 3.8) is 0 Å². The van der Waals surface area contributed by atoms with Crippen molar-refractivity contribution in [2.45, 2.75) is 26.4 Å². The van der Waals surface area contributed by atoms with Crippen LogP contribution in [0.1, 0.15) is 20.3 Å². The Morgan fingerprint density at radius 3 is 2.64 bits per heavy atom. The van der Waals surface area contributed by atoms with E-state index in [4.69, 9.17) is 4.74 Å². The van der Waals surface area contributed by atoms with Crippen molar-refractivity contribution < 1.29 is 9.13 Å². The van der Waals surface area contributed by atoms with E-state index < -0.39 is 5.83 Å². The second-order valence-corrected chi connectivity index (χ2v) is 2.69. The summed E-state index contributed by atoms with van der Waals surface area (Å²) in [5.41, 5.74) is 0.951. The zero-order chi connectivity index (χ0) is 8.85. The molecule has 0 aliphatic heterocycles. The first-order chi connectivity index (χ1) is 5.06. The van der Waals surface area contributed by atoms with Crippen molar-refractivity contribution >= 4 is 0 Å². The molecule has 0 saturated carbocycles. The molecular weight excluding hydrogens is 143 g/mol. The average Bonchev–Trinajstić information content (AvgIpc) is 1.85. The van der Waals surface area contributed by atoms with Gasteiger partial charge >= 0.3 is 0 Å². The van der Waals surface area contributed by atoms with Gasteiger partial charge in [0, 0.05) is 7.11 Å². The smallest absolute Gasteiger partial charge is 0.115 e. The fourth-order valence-corrected chi connectivity index (χ4v) is 0.863. The Morgan fingerprint density at radius 2 is 2.27 bits per heavy atom. The monoisotopic (exact) mass is 158 g/mol. The predicted molar refractivity (Wildman–Crippen MR) is 45.1 cm³/mol. The van der Waals surface area contributed by atoms with Gasteiger partial charge in [0.2, 0.25) is 0 Å². The van der Waals surface area contributed by atoms with Crippen LogP contribution in [0.25, 0.3) is 0 Å². The van der Waals surface area contributed by atoms with Gasteiger partial charge in [-0.3, -0.25) is 0 Å². The molecule has 64 valence electrons. The Hall–Kier alpha value is -0.630. The number of halogens is 1. The molecule has 0 aromatic rings. The number of rotatable bonds is 4. The van der Waals surface area contributed by atoms with E-state index in [1.165, 1.54) is 6.08 Å². The van der Waals surface area contributed by atoms with Crippen LogP contribution in [0.4, 0.5) is 4.39 Å². The molecule has 1 atom stereocenters. The standard InChI is InChI=1S/C9H15FO/c1-7(5-8(2)10)6-9(3)11-4/h5,9H,2,6H2,1,3-4H3/b7-5-. The maximum Gasteiger partial charge on any atom is 0.115 e. The Morgan fingerprint density at radius 1 is 1.73 bits per heavy atom. The highest BCUT2D eigenvalue weighted by Gasteiger charge is 1.99. The molecule has 0 aliphatic carbocycles. The first-order valence-electron chi connectivity index (χ1n) is 3.60. The molecule has 0 radical (unpaired) electrons. The minimum atomic E-state index is -0.397. The summed E-state index contributed by atoms with van der Waals surface area (Å²) in [5, 5.41) is 0. The van der Waals surface area contributed by atoms with Gasteiger partial charge in [-0.15, -0.1) is 0 Å². The SMILES string of the molecule is C=C(F)/C=C(/C)CC(C)OC. The third kappa shape index (κ3) is 5.80. The van der Waals surface area contributed by atoms with Gasteiger partial charge in [0.25, 0.3) is 0 Å². The molecule has 0 N–H and O–H groups in total. The summed E-state index contributed by atoms with van der Waals surface area (Å²) in [6, 6.07) is 0. The molecule has 0 amide bonds. The van der Waals surface area contributed by atoms with E-state index in [0.29, 0.717) is 0 Å². The Balaban J connectivity index is 3.85. The Labute approximate surface area is 67.6 Å². The fourth-order valence-electron chi connectivity index (χ4n) is 0.863. The lowest BCUT2D eigenvalue weighted by molar-refractivity contribution is 0.118. The summed E-state index contributed by atoms with van der Waals surface area (Å²) >= 11 is 0. The van der Waals surface area contributed by atoms with Gasteiger partial charge in [-0.05, 0) is 26.3 Å². The first-order valence-corrected chi connectivity index (χ1v) is 3.60. The summed E-state index contributed by atoms with van der Waals surface area (Å²) in [6.45, 7) is 6.95. The largest absolute Gasteiger partial charge is 0.381 e. The molecular formula is C9H15FO. The van der Waals surface area contributed by atoms with E-state index in [1.807, 2.05) is 13.8 Å². The van der Waals surface area contributed by atoms with Gasteiger partial charge in [0.1, 0.15) is 5.83 Å². The molecule has 0 rings (SSSR count). The van der Waals surface area contributed by atoms with Crippen LogP contribution in [0.3, 0.4) is 0 Å². The maximum absolute atomic E-state index is 12.2. The quantitative estimate of drug-likeness (QED) is 0.572. The second-order valence-electron chi connectivity index (χ2n) is 2.69. The average molecular weight is 158 g/mol. The van der Waals surface area contributed by atoms with Crippen molar-refractivity contribution in [2.75, 3.05) is 7.11 Å². The number of hydrogen-bond donors (Lipinski definition) is 0. The van der Waals surface area contributed by atoms with Crippen molar-refractivity contribution in [3.8, 4) is 0 Å². The number of methoxy groups -OCH3 is 1. The Kier molecular flexibility index (Phi) is 4.79.